The zero-order valence-corrected chi connectivity index (χ0v) is 10.8. The molecule has 0 unspecified atom stereocenters. The van der Waals surface area contributed by atoms with Gasteiger partial charge in [-0.1, -0.05) is 29.3 Å². The van der Waals surface area contributed by atoms with Crippen molar-refractivity contribution in [1.82, 2.24) is 5.32 Å². The summed E-state index contributed by atoms with van der Waals surface area (Å²) >= 11 is 12.2. The molecule has 1 aromatic rings. The Labute approximate surface area is 111 Å². The fourth-order valence-electron chi connectivity index (χ4n) is 2.43. The van der Waals surface area contributed by atoms with E-state index in [0.717, 1.165) is 18.7 Å². The first-order valence-corrected chi connectivity index (χ1v) is 5.82. The van der Waals surface area contributed by atoms with E-state index in [1.54, 1.807) is 0 Å². The first kappa shape index (κ1) is 12.5. The van der Waals surface area contributed by atoms with Gasteiger partial charge in [0.15, 0.2) is 0 Å². The monoisotopic (exact) mass is 279 g/mol. The largest absolute Gasteiger partial charge is 0.371 e. The second-order valence-electron chi connectivity index (χ2n) is 4.04. The van der Waals surface area contributed by atoms with Crippen molar-refractivity contribution in [1.29, 1.82) is 0 Å². The maximum absolute atomic E-state index is 6.17. The molecule has 2 heterocycles. The van der Waals surface area contributed by atoms with Gasteiger partial charge in [-0.15, -0.1) is 12.4 Å². The van der Waals surface area contributed by atoms with Crippen molar-refractivity contribution in [2.75, 3.05) is 13.1 Å². The molecule has 0 aliphatic carbocycles. The Kier molecular flexibility index (Phi) is 3.67. The van der Waals surface area contributed by atoms with Crippen LogP contribution in [0, 0.1) is 0 Å². The lowest BCUT2D eigenvalue weighted by Gasteiger charge is -2.28. The van der Waals surface area contributed by atoms with E-state index >= 15 is 0 Å². The predicted octanol–water partition coefficient (Wildman–Crippen LogP) is 3.00. The molecule has 2 aliphatic heterocycles. The summed E-state index contributed by atoms with van der Waals surface area (Å²) in [6.45, 7) is 2.48. The van der Waals surface area contributed by atoms with Gasteiger partial charge in [0.05, 0.1) is 22.8 Å². The maximum atomic E-state index is 6.17. The number of rotatable bonds is 0. The van der Waals surface area contributed by atoms with Gasteiger partial charge < -0.3 is 10.1 Å². The Morgan fingerprint density at radius 3 is 2.88 bits per heavy atom. The fraction of sp³-hybridized carbons (Fsp3) is 0.455. The van der Waals surface area contributed by atoms with Gasteiger partial charge in [-0.25, -0.2) is 0 Å². The lowest BCUT2D eigenvalue weighted by Crippen LogP contribution is -2.27. The van der Waals surface area contributed by atoms with Crippen molar-refractivity contribution in [3.8, 4) is 0 Å². The number of halogens is 3. The summed E-state index contributed by atoms with van der Waals surface area (Å²) in [6.07, 6.45) is 0.301. The van der Waals surface area contributed by atoms with E-state index in [2.05, 4.69) is 11.4 Å². The predicted molar refractivity (Wildman–Crippen MR) is 67.9 cm³/mol. The van der Waals surface area contributed by atoms with Crippen LogP contribution in [0.5, 0.6) is 0 Å². The number of ether oxygens (including phenoxy) is 1. The summed E-state index contributed by atoms with van der Waals surface area (Å²) in [6, 6.07) is 3.96. The third-order valence-corrected chi connectivity index (χ3v) is 4.08. The number of nitrogens with one attached hydrogen (secondary N) is 1. The molecule has 0 radical (unpaired) electrons. The summed E-state index contributed by atoms with van der Waals surface area (Å²) in [4.78, 5) is 0. The fourth-order valence-corrected chi connectivity index (χ4v) is 2.84. The highest BCUT2D eigenvalue weighted by Crippen LogP contribution is 2.39. The maximum Gasteiger partial charge on any atom is 0.0784 e. The molecule has 0 saturated carbocycles. The number of fused-ring (bicyclic) bond motifs is 3. The first-order chi connectivity index (χ1) is 7.27. The quantitative estimate of drug-likeness (QED) is 0.789. The molecule has 3 rings (SSSR count). The Bertz CT molecular complexity index is 410. The van der Waals surface area contributed by atoms with E-state index in [1.807, 2.05) is 6.07 Å². The zero-order valence-electron chi connectivity index (χ0n) is 8.50. The average Bonchev–Trinajstić information content (AvgIpc) is 2.71. The molecule has 0 spiro atoms. The normalized spacial score (nSPS) is 26.9. The smallest absolute Gasteiger partial charge is 0.0784 e. The topological polar surface area (TPSA) is 21.3 Å². The lowest BCUT2D eigenvalue weighted by atomic mass is 9.90. The van der Waals surface area contributed by atoms with Gasteiger partial charge in [-0.3, -0.25) is 0 Å². The molecule has 0 bridgehead atoms. The Balaban J connectivity index is 0.000000963. The van der Waals surface area contributed by atoms with Gasteiger partial charge in [0.1, 0.15) is 0 Å². The van der Waals surface area contributed by atoms with E-state index < -0.39 is 0 Å². The Morgan fingerprint density at radius 2 is 2.06 bits per heavy atom. The van der Waals surface area contributed by atoms with Crippen LogP contribution in [-0.4, -0.2) is 19.2 Å². The van der Waals surface area contributed by atoms with E-state index in [-0.39, 0.29) is 12.4 Å². The second kappa shape index (κ2) is 4.71. The van der Waals surface area contributed by atoms with Gasteiger partial charge in [0.2, 0.25) is 0 Å². The Hall–Kier alpha value is 0.01000. The Morgan fingerprint density at radius 1 is 1.25 bits per heavy atom. The van der Waals surface area contributed by atoms with Crippen molar-refractivity contribution >= 4 is 35.6 Å². The van der Waals surface area contributed by atoms with Crippen LogP contribution in [0.1, 0.15) is 17.0 Å². The van der Waals surface area contributed by atoms with Crippen LogP contribution in [0.3, 0.4) is 0 Å². The number of hydrogen-bond donors (Lipinski definition) is 1. The molecule has 1 saturated heterocycles. The minimum absolute atomic E-state index is 0. The highest BCUT2D eigenvalue weighted by Gasteiger charge is 2.35. The summed E-state index contributed by atoms with van der Waals surface area (Å²) in [5, 5.41) is 4.60. The number of hydrogen-bond acceptors (Lipinski definition) is 2. The highest BCUT2D eigenvalue weighted by atomic mass is 35.5. The summed E-state index contributed by atoms with van der Waals surface area (Å²) < 4.78 is 5.76. The van der Waals surface area contributed by atoms with Gasteiger partial charge in [0.25, 0.3) is 0 Å². The molecule has 0 amide bonds. The molecule has 1 fully saturated rings. The molecule has 2 aliphatic rings. The van der Waals surface area contributed by atoms with Crippen LogP contribution in [-0.2, 0) is 11.3 Å². The van der Waals surface area contributed by atoms with Crippen LogP contribution < -0.4 is 5.32 Å². The minimum atomic E-state index is 0. The third kappa shape index (κ3) is 1.83. The van der Waals surface area contributed by atoms with E-state index in [9.17, 15) is 0 Å². The van der Waals surface area contributed by atoms with E-state index in [0.29, 0.717) is 28.7 Å². The van der Waals surface area contributed by atoms with E-state index in [1.165, 1.54) is 5.56 Å². The molecule has 2 nitrogen and oxygen atoms in total. The molecule has 5 heteroatoms. The van der Waals surface area contributed by atoms with Crippen LogP contribution in [0.4, 0.5) is 0 Å². The average molecular weight is 281 g/mol. The lowest BCUT2D eigenvalue weighted by molar-refractivity contribution is 0.0300. The summed E-state index contributed by atoms with van der Waals surface area (Å²) in [5.41, 5.74) is 2.36. The van der Waals surface area contributed by atoms with Gasteiger partial charge >= 0.3 is 0 Å². The second-order valence-corrected chi connectivity index (χ2v) is 4.83. The third-order valence-electron chi connectivity index (χ3n) is 3.23. The zero-order chi connectivity index (χ0) is 10.4. The number of benzene rings is 1. The van der Waals surface area contributed by atoms with Gasteiger partial charge in [-0.05, 0) is 11.6 Å². The van der Waals surface area contributed by atoms with Crippen molar-refractivity contribution in [3.05, 3.63) is 33.3 Å². The minimum Gasteiger partial charge on any atom is -0.371 e. The van der Waals surface area contributed by atoms with Gasteiger partial charge in [0, 0.05) is 24.6 Å². The molecular formula is C11H12Cl3NO. The molecule has 0 aromatic heterocycles. The highest BCUT2D eigenvalue weighted by molar-refractivity contribution is 6.42. The molecule has 16 heavy (non-hydrogen) atoms. The SMILES string of the molecule is Cl.Clc1ccc2c(c1Cl)CO[C@H]1CNC[C@@H]21. The molecular weight excluding hydrogens is 268 g/mol. The van der Waals surface area contributed by atoms with Crippen molar-refractivity contribution in [3.63, 3.8) is 0 Å². The van der Waals surface area contributed by atoms with E-state index in [4.69, 9.17) is 27.9 Å². The molecule has 1 aromatic carbocycles. The van der Waals surface area contributed by atoms with Gasteiger partial charge in [-0.2, -0.15) is 0 Å². The van der Waals surface area contributed by atoms with Crippen molar-refractivity contribution in [2.45, 2.75) is 18.6 Å². The van der Waals surface area contributed by atoms with Crippen molar-refractivity contribution < 1.29 is 4.74 Å². The standard InChI is InChI=1S/C11H11Cl2NO.ClH/c12-9-2-1-6-7-3-14-4-10(7)15-5-8(6)11(9)13;/h1-2,7,10,14H,3-5H2;1H/t7-,10-;/m0./s1. The molecule has 2 atom stereocenters. The molecule has 88 valence electrons. The van der Waals surface area contributed by atoms with Crippen LogP contribution in [0.15, 0.2) is 12.1 Å². The summed E-state index contributed by atoms with van der Waals surface area (Å²) in [7, 11) is 0. The van der Waals surface area contributed by atoms with Crippen LogP contribution in [0.2, 0.25) is 10.0 Å². The first-order valence-electron chi connectivity index (χ1n) is 5.06. The van der Waals surface area contributed by atoms with Crippen LogP contribution >= 0.6 is 35.6 Å². The molecule has 1 N–H and O–H groups in total. The van der Waals surface area contributed by atoms with Crippen LogP contribution in [0.25, 0.3) is 0 Å². The van der Waals surface area contributed by atoms with Crippen molar-refractivity contribution in [2.24, 2.45) is 0 Å². The summed E-state index contributed by atoms with van der Waals surface area (Å²) in [5.74, 6) is 0.434.